The number of carbonyl (C=O) groups excluding carboxylic acids is 1. The molecule has 0 aliphatic carbocycles. The summed E-state index contributed by atoms with van der Waals surface area (Å²) in [5.41, 5.74) is -0.362. The first-order valence-electron chi connectivity index (χ1n) is 7.38. The first kappa shape index (κ1) is 18.6. The van der Waals surface area contributed by atoms with Crippen molar-refractivity contribution in [3.05, 3.63) is 22.4 Å². The van der Waals surface area contributed by atoms with Gasteiger partial charge in [0.1, 0.15) is 0 Å². The van der Waals surface area contributed by atoms with Gasteiger partial charge in [-0.05, 0) is 11.4 Å². The summed E-state index contributed by atoms with van der Waals surface area (Å²) in [6, 6.07) is 3.14. The molecular weight excluding hydrogens is 345 g/mol. The first-order valence-corrected chi connectivity index (χ1v) is 8.26. The number of hydrogen-bond acceptors (Lipinski definition) is 3. The molecule has 2 amide bonds. The van der Waals surface area contributed by atoms with Gasteiger partial charge in [0.15, 0.2) is 0 Å². The summed E-state index contributed by atoms with van der Waals surface area (Å²) in [6.07, 6.45) is -4.64. The van der Waals surface area contributed by atoms with Crippen molar-refractivity contribution in [2.45, 2.75) is 25.4 Å². The number of likely N-dealkylation sites (tertiary alicyclic amines) is 1. The van der Waals surface area contributed by atoms with Crippen molar-refractivity contribution in [3.8, 4) is 0 Å². The van der Waals surface area contributed by atoms with Crippen LogP contribution in [0.3, 0.4) is 0 Å². The van der Waals surface area contributed by atoms with Crippen LogP contribution in [0.2, 0.25) is 0 Å². The Hall–Kier alpha value is -1.77. The Bertz CT molecular complexity index is 602. The lowest BCUT2D eigenvalue weighted by Crippen LogP contribution is -2.44. The van der Waals surface area contributed by atoms with Gasteiger partial charge in [-0.1, -0.05) is 19.9 Å². The van der Waals surface area contributed by atoms with Crippen molar-refractivity contribution in [2.24, 2.45) is 11.8 Å². The SMILES string of the molecule is CC(C)(CNC(=O)N1C[C@@H](C(F)(F)F)[C@H](C(=O)O)C1)c1cccs1. The van der Waals surface area contributed by atoms with Crippen molar-refractivity contribution in [1.29, 1.82) is 0 Å². The van der Waals surface area contributed by atoms with Crippen LogP contribution < -0.4 is 5.32 Å². The standard InChI is InChI=1S/C15H19F3N2O3S/c1-14(2,11-4-3-5-24-11)8-19-13(23)20-6-9(12(21)22)10(7-20)15(16,17)18/h3-5,9-10H,6-8H2,1-2H3,(H,19,23)(H,21,22)/t9-,10-/m1/s1. The molecule has 0 unspecified atom stereocenters. The molecule has 1 aliphatic heterocycles. The van der Waals surface area contributed by atoms with E-state index < -0.39 is 43.1 Å². The number of nitrogens with zero attached hydrogens (tertiary/aromatic N) is 1. The monoisotopic (exact) mass is 364 g/mol. The number of urea groups is 1. The number of aliphatic carboxylic acids is 1. The van der Waals surface area contributed by atoms with Crippen molar-refractivity contribution < 1.29 is 27.9 Å². The molecule has 2 N–H and O–H groups in total. The molecule has 1 fully saturated rings. The summed E-state index contributed by atoms with van der Waals surface area (Å²) < 4.78 is 38.8. The van der Waals surface area contributed by atoms with Crippen LogP contribution in [0, 0.1) is 11.8 Å². The van der Waals surface area contributed by atoms with E-state index in [9.17, 15) is 22.8 Å². The lowest BCUT2D eigenvalue weighted by molar-refractivity contribution is -0.187. The molecule has 0 bridgehead atoms. The molecule has 9 heteroatoms. The molecule has 0 radical (unpaired) electrons. The fourth-order valence-electron chi connectivity index (χ4n) is 2.71. The van der Waals surface area contributed by atoms with Gasteiger partial charge in [0, 0.05) is 29.9 Å². The van der Waals surface area contributed by atoms with Crippen LogP contribution >= 0.6 is 11.3 Å². The largest absolute Gasteiger partial charge is 0.481 e. The number of amides is 2. The van der Waals surface area contributed by atoms with Crippen LogP contribution in [-0.4, -0.2) is 47.8 Å². The minimum absolute atomic E-state index is 0.247. The quantitative estimate of drug-likeness (QED) is 0.863. The van der Waals surface area contributed by atoms with Crippen molar-refractivity contribution in [2.75, 3.05) is 19.6 Å². The molecular formula is C15H19F3N2O3S. The van der Waals surface area contributed by atoms with Crippen LogP contribution in [0.25, 0.3) is 0 Å². The van der Waals surface area contributed by atoms with Gasteiger partial charge in [-0.2, -0.15) is 13.2 Å². The van der Waals surface area contributed by atoms with Gasteiger partial charge in [-0.25, -0.2) is 4.79 Å². The topological polar surface area (TPSA) is 69.6 Å². The highest BCUT2D eigenvalue weighted by molar-refractivity contribution is 7.10. The highest BCUT2D eigenvalue weighted by Gasteiger charge is 2.53. The lowest BCUT2D eigenvalue weighted by atomic mass is 9.91. The Morgan fingerprint density at radius 2 is 2.04 bits per heavy atom. The molecule has 134 valence electrons. The second-order valence-electron chi connectivity index (χ2n) is 6.52. The molecule has 1 aromatic heterocycles. The Morgan fingerprint density at radius 1 is 1.38 bits per heavy atom. The molecule has 24 heavy (non-hydrogen) atoms. The molecule has 5 nitrogen and oxygen atoms in total. The number of carbonyl (C=O) groups is 2. The van der Waals surface area contributed by atoms with Crippen LogP contribution in [-0.2, 0) is 10.2 Å². The van der Waals surface area contributed by atoms with E-state index >= 15 is 0 Å². The van der Waals surface area contributed by atoms with Gasteiger partial charge >= 0.3 is 18.2 Å². The molecule has 1 aliphatic rings. The second-order valence-corrected chi connectivity index (χ2v) is 7.47. The summed E-state index contributed by atoms with van der Waals surface area (Å²) in [6.45, 7) is 3.01. The summed E-state index contributed by atoms with van der Waals surface area (Å²) in [7, 11) is 0. The number of carboxylic acid groups (broad SMARTS) is 1. The second kappa shape index (κ2) is 6.62. The van der Waals surface area contributed by atoms with E-state index in [1.807, 2.05) is 31.4 Å². The smallest absolute Gasteiger partial charge is 0.394 e. The van der Waals surface area contributed by atoms with E-state index in [2.05, 4.69) is 5.32 Å². The number of halogens is 3. The molecule has 2 heterocycles. The number of nitrogens with one attached hydrogen (secondary N) is 1. The fourth-order valence-corrected chi connectivity index (χ4v) is 3.56. The molecule has 0 saturated carbocycles. The van der Waals surface area contributed by atoms with Crippen molar-refractivity contribution >= 4 is 23.3 Å². The van der Waals surface area contributed by atoms with Gasteiger partial charge in [-0.3, -0.25) is 4.79 Å². The Morgan fingerprint density at radius 3 is 2.50 bits per heavy atom. The zero-order chi connectivity index (χ0) is 18.1. The van der Waals surface area contributed by atoms with Gasteiger partial charge < -0.3 is 15.3 Å². The summed E-state index contributed by atoms with van der Waals surface area (Å²) in [4.78, 5) is 25.2. The van der Waals surface area contributed by atoms with E-state index in [1.165, 1.54) is 11.3 Å². The predicted octanol–water partition coefficient (Wildman–Crippen LogP) is 2.93. The minimum Gasteiger partial charge on any atom is -0.481 e. The summed E-state index contributed by atoms with van der Waals surface area (Å²) >= 11 is 1.53. The number of hydrogen-bond donors (Lipinski definition) is 2. The number of carboxylic acids is 1. The maximum Gasteiger partial charge on any atom is 0.394 e. The maximum absolute atomic E-state index is 12.9. The van der Waals surface area contributed by atoms with E-state index in [1.54, 1.807) is 0 Å². The van der Waals surface area contributed by atoms with Gasteiger partial charge in [0.25, 0.3) is 0 Å². The average molecular weight is 364 g/mol. The third-order valence-corrected chi connectivity index (χ3v) is 5.45. The van der Waals surface area contributed by atoms with Crippen molar-refractivity contribution in [3.63, 3.8) is 0 Å². The van der Waals surface area contributed by atoms with Gasteiger partial charge in [0.2, 0.25) is 0 Å². The zero-order valence-corrected chi connectivity index (χ0v) is 14.1. The predicted molar refractivity (Wildman–Crippen MR) is 83.0 cm³/mol. The maximum atomic E-state index is 12.9. The molecule has 1 saturated heterocycles. The van der Waals surface area contributed by atoms with E-state index in [4.69, 9.17) is 5.11 Å². The van der Waals surface area contributed by atoms with Crippen LogP contribution in [0.4, 0.5) is 18.0 Å². The lowest BCUT2D eigenvalue weighted by Gasteiger charge is -2.26. The molecule has 2 rings (SSSR count). The average Bonchev–Trinajstić information content (AvgIpc) is 3.13. The van der Waals surface area contributed by atoms with E-state index in [0.717, 1.165) is 9.78 Å². The third kappa shape index (κ3) is 4.00. The summed E-state index contributed by atoms with van der Waals surface area (Å²) in [5.74, 6) is -5.20. The fraction of sp³-hybridized carbons (Fsp3) is 0.600. The Labute approximate surface area is 141 Å². The van der Waals surface area contributed by atoms with E-state index in [-0.39, 0.29) is 12.0 Å². The third-order valence-electron chi connectivity index (χ3n) is 4.21. The Balaban J connectivity index is 1.99. The number of alkyl halides is 3. The molecule has 0 spiro atoms. The minimum atomic E-state index is -4.64. The normalized spacial score (nSPS) is 21.8. The molecule has 0 aromatic carbocycles. The van der Waals surface area contributed by atoms with Crippen LogP contribution in [0.5, 0.6) is 0 Å². The van der Waals surface area contributed by atoms with Crippen LogP contribution in [0.1, 0.15) is 18.7 Å². The van der Waals surface area contributed by atoms with Crippen LogP contribution in [0.15, 0.2) is 17.5 Å². The molecule has 1 aromatic rings. The molecule has 2 atom stereocenters. The Kier molecular flexibility index (Phi) is 5.12. The van der Waals surface area contributed by atoms with Gasteiger partial charge in [-0.15, -0.1) is 11.3 Å². The number of thiophene rings is 1. The highest BCUT2D eigenvalue weighted by Crippen LogP contribution is 2.37. The highest BCUT2D eigenvalue weighted by atomic mass is 32.1. The zero-order valence-electron chi connectivity index (χ0n) is 13.3. The first-order chi connectivity index (χ1) is 11.0. The summed E-state index contributed by atoms with van der Waals surface area (Å²) in [5, 5.41) is 13.5. The number of rotatable bonds is 4. The van der Waals surface area contributed by atoms with Gasteiger partial charge in [0.05, 0.1) is 11.8 Å². The van der Waals surface area contributed by atoms with Crippen molar-refractivity contribution in [1.82, 2.24) is 10.2 Å². The van der Waals surface area contributed by atoms with E-state index in [0.29, 0.717) is 0 Å².